The first-order chi connectivity index (χ1) is 8.00. The van der Waals surface area contributed by atoms with Crippen LogP contribution in [0.1, 0.15) is 17.4 Å². The summed E-state index contributed by atoms with van der Waals surface area (Å²) >= 11 is 1.69. The zero-order valence-electron chi connectivity index (χ0n) is 10.1. The number of aryl methyl sites for hydroxylation is 2. The topological polar surface area (TPSA) is 49.3 Å². The fraction of sp³-hybridized carbons (Fsp3) is 0.308. The molecule has 90 valence electrons. The second-order valence-electron chi connectivity index (χ2n) is 4.19. The fourth-order valence-corrected chi connectivity index (χ4v) is 2.99. The first kappa shape index (κ1) is 11.9. The maximum atomic E-state index is 10.9. The molecule has 0 spiro atoms. The van der Waals surface area contributed by atoms with E-state index in [2.05, 4.69) is 11.4 Å². The maximum Gasteiger partial charge on any atom is 0.325 e. The number of carboxylic acids is 1. The zero-order chi connectivity index (χ0) is 12.6. The lowest BCUT2D eigenvalue weighted by molar-refractivity contribution is -0.137. The lowest BCUT2D eigenvalue weighted by Gasteiger charge is -2.11. The second kappa shape index (κ2) is 4.37. The Labute approximate surface area is 104 Å². The quantitative estimate of drug-likeness (QED) is 0.876. The van der Waals surface area contributed by atoms with Crippen LogP contribution in [0.15, 0.2) is 18.2 Å². The Hall–Kier alpha value is -1.55. The summed E-state index contributed by atoms with van der Waals surface area (Å²) in [6.45, 7) is 5.72. The van der Waals surface area contributed by atoms with E-state index in [4.69, 9.17) is 5.11 Å². The molecular weight excluding hydrogens is 234 g/mol. The van der Waals surface area contributed by atoms with Crippen molar-refractivity contribution in [1.29, 1.82) is 0 Å². The van der Waals surface area contributed by atoms with Gasteiger partial charge in [-0.05, 0) is 32.4 Å². The predicted molar refractivity (Wildman–Crippen MR) is 72.0 cm³/mol. The minimum Gasteiger partial charge on any atom is -0.480 e. The molecule has 1 heterocycles. The van der Waals surface area contributed by atoms with Crippen molar-refractivity contribution in [3.63, 3.8) is 0 Å². The van der Waals surface area contributed by atoms with Crippen molar-refractivity contribution < 1.29 is 9.90 Å². The first-order valence-corrected chi connectivity index (χ1v) is 6.30. The van der Waals surface area contributed by atoms with Gasteiger partial charge in [-0.1, -0.05) is 12.1 Å². The predicted octanol–water partition coefficient (Wildman–Crippen LogP) is 3.40. The number of aliphatic carboxylic acids is 1. The molecule has 0 fully saturated rings. The Morgan fingerprint density at radius 2 is 2.12 bits per heavy atom. The number of carboxylic acid groups (broad SMARTS) is 1. The molecule has 0 saturated heterocycles. The standard InChI is InChI=1S/C13H15NO2S/c1-7-5-4-6-10-11(7)12(9(3)17-10)14-8(2)13(15)16/h4-6,8,14H,1-3H3,(H,15,16). The third kappa shape index (κ3) is 2.13. The molecule has 2 aromatic rings. The van der Waals surface area contributed by atoms with Crippen molar-refractivity contribution in [2.24, 2.45) is 0 Å². The normalized spacial score (nSPS) is 12.6. The summed E-state index contributed by atoms with van der Waals surface area (Å²) in [6.07, 6.45) is 0. The van der Waals surface area contributed by atoms with Crippen LogP contribution in [0.2, 0.25) is 0 Å². The van der Waals surface area contributed by atoms with Gasteiger partial charge in [0.25, 0.3) is 0 Å². The second-order valence-corrected chi connectivity index (χ2v) is 5.44. The summed E-state index contributed by atoms with van der Waals surface area (Å²) < 4.78 is 1.20. The van der Waals surface area contributed by atoms with Gasteiger partial charge in [-0.15, -0.1) is 11.3 Å². The summed E-state index contributed by atoms with van der Waals surface area (Å²) in [5.41, 5.74) is 2.13. The number of carbonyl (C=O) groups is 1. The van der Waals surface area contributed by atoms with Gasteiger partial charge in [-0.2, -0.15) is 0 Å². The van der Waals surface area contributed by atoms with E-state index in [-0.39, 0.29) is 0 Å². The average molecular weight is 249 g/mol. The van der Waals surface area contributed by atoms with Crippen LogP contribution in [-0.2, 0) is 4.79 Å². The average Bonchev–Trinajstić information content (AvgIpc) is 2.56. The van der Waals surface area contributed by atoms with Gasteiger partial charge in [-0.3, -0.25) is 4.79 Å². The third-order valence-electron chi connectivity index (χ3n) is 2.83. The van der Waals surface area contributed by atoms with Gasteiger partial charge in [0.2, 0.25) is 0 Å². The van der Waals surface area contributed by atoms with Gasteiger partial charge < -0.3 is 10.4 Å². The summed E-state index contributed by atoms with van der Waals surface area (Å²) in [5.74, 6) is -0.836. The van der Waals surface area contributed by atoms with Crippen molar-refractivity contribution in [3.8, 4) is 0 Å². The fourth-order valence-electron chi connectivity index (χ4n) is 1.89. The summed E-state index contributed by atoms with van der Waals surface area (Å²) in [7, 11) is 0. The molecule has 0 aliphatic rings. The maximum absolute atomic E-state index is 10.9. The van der Waals surface area contributed by atoms with Gasteiger partial charge in [0.1, 0.15) is 6.04 Å². The molecule has 1 unspecified atom stereocenters. The highest BCUT2D eigenvalue weighted by Crippen LogP contribution is 2.37. The molecular formula is C13H15NO2S. The molecule has 0 radical (unpaired) electrons. The molecule has 1 aromatic carbocycles. The minimum atomic E-state index is -0.836. The molecule has 3 nitrogen and oxygen atoms in total. The van der Waals surface area contributed by atoms with Crippen molar-refractivity contribution in [3.05, 3.63) is 28.6 Å². The molecule has 0 aliphatic carbocycles. The summed E-state index contributed by atoms with van der Waals surface area (Å²) in [5, 5.41) is 13.2. The lowest BCUT2D eigenvalue weighted by Crippen LogP contribution is -2.25. The highest BCUT2D eigenvalue weighted by Gasteiger charge is 2.16. The van der Waals surface area contributed by atoms with Crippen molar-refractivity contribution in [1.82, 2.24) is 0 Å². The molecule has 0 bridgehead atoms. The van der Waals surface area contributed by atoms with Crippen LogP contribution in [0, 0.1) is 13.8 Å². The number of anilines is 1. The van der Waals surface area contributed by atoms with Crippen molar-refractivity contribution in [2.45, 2.75) is 26.8 Å². The molecule has 1 aromatic heterocycles. The number of hydrogen-bond donors (Lipinski definition) is 2. The molecule has 0 aliphatic heterocycles. The number of hydrogen-bond acceptors (Lipinski definition) is 3. The number of thiophene rings is 1. The number of benzene rings is 1. The van der Waals surface area contributed by atoms with E-state index in [9.17, 15) is 4.79 Å². The van der Waals surface area contributed by atoms with E-state index in [1.54, 1.807) is 18.3 Å². The van der Waals surface area contributed by atoms with Crippen LogP contribution >= 0.6 is 11.3 Å². The molecule has 0 saturated carbocycles. The smallest absolute Gasteiger partial charge is 0.325 e. The van der Waals surface area contributed by atoms with Gasteiger partial charge in [-0.25, -0.2) is 0 Å². The van der Waals surface area contributed by atoms with E-state index in [1.165, 1.54) is 10.3 Å². The van der Waals surface area contributed by atoms with Crippen LogP contribution in [0.5, 0.6) is 0 Å². The molecule has 1 atom stereocenters. The number of fused-ring (bicyclic) bond motifs is 1. The largest absolute Gasteiger partial charge is 0.480 e. The lowest BCUT2D eigenvalue weighted by atomic mass is 10.1. The highest BCUT2D eigenvalue weighted by molar-refractivity contribution is 7.19. The van der Waals surface area contributed by atoms with Gasteiger partial charge in [0.15, 0.2) is 0 Å². The summed E-state index contributed by atoms with van der Waals surface area (Å²) in [6, 6.07) is 5.56. The Morgan fingerprint density at radius 1 is 1.41 bits per heavy atom. The molecule has 17 heavy (non-hydrogen) atoms. The van der Waals surface area contributed by atoms with Crippen LogP contribution < -0.4 is 5.32 Å². The van der Waals surface area contributed by atoms with Crippen LogP contribution in [0.3, 0.4) is 0 Å². The van der Waals surface area contributed by atoms with Gasteiger partial charge in [0.05, 0.1) is 5.69 Å². The Morgan fingerprint density at radius 3 is 2.76 bits per heavy atom. The van der Waals surface area contributed by atoms with Crippen molar-refractivity contribution in [2.75, 3.05) is 5.32 Å². The van der Waals surface area contributed by atoms with Gasteiger partial charge in [0, 0.05) is 15.0 Å². The van der Waals surface area contributed by atoms with Crippen LogP contribution in [0.25, 0.3) is 10.1 Å². The minimum absolute atomic E-state index is 0.578. The Balaban J connectivity index is 2.53. The monoisotopic (exact) mass is 249 g/mol. The first-order valence-electron chi connectivity index (χ1n) is 5.48. The Kier molecular flexibility index (Phi) is 3.07. The SMILES string of the molecule is Cc1sc2cccc(C)c2c1NC(C)C(=O)O. The van der Waals surface area contributed by atoms with Crippen LogP contribution in [-0.4, -0.2) is 17.1 Å². The van der Waals surface area contributed by atoms with E-state index < -0.39 is 12.0 Å². The van der Waals surface area contributed by atoms with E-state index >= 15 is 0 Å². The summed E-state index contributed by atoms with van der Waals surface area (Å²) in [4.78, 5) is 12.0. The number of nitrogens with one attached hydrogen (secondary N) is 1. The highest BCUT2D eigenvalue weighted by atomic mass is 32.1. The third-order valence-corrected chi connectivity index (χ3v) is 3.90. The van der Waals surface area contributed by atoms with E-state index in [1.807, 2.05) is 26.0 Å². The molecule has 2 rings (SSSR count). The van der Waals surface area contributed by atoms with Gasteiger partial charge >= 0.3 is 5.97 Å². The molecule has 0 amide bonds. The van der Waals surface area contributed by atoms with Crippen LogP contribution in [0.4, 0.5) is 5.69 Å². The van der Waals surface area contributed by atoms with Crippen molar-refractivity contribution >= 4 is 33.1 Å². The molecule has 4 heteroatoms. The van der Waals surface area contributed by atoms with E-state index in [0.717, 1.165) is 16.0 Å². The molecule has 2 N–H and O–H groups in total. The Bertz CT molecular complexity index is 574. The van der Waals surface area contributed by atoms with E-state index in [0.29, 0.717) is 0 Å². The number of rotatable bonds is 3. The zero-order valence-corrected chi connectivity index (χ0v) is 10.9.